The number of hydrogen-bond acceptors (Lipinski definition) is 5. The van der Waals surface area contributed by atoms with E-state index in [9.17, 15) is 13.6 Å². The summed E-state index contributed by atoms with van der Waals surface area (Å²) in [6.45, 7) is 15.9. The van der Waals surface area contributed by atoms with Gasteiger partial charge in [-0.15, -0.1) is 0 Å². The molecule has 40 heavy (non-hydrogen) atoms. The summed E-state index contributed by atoms with van der Waals surface area (Å²) >= 11 is 0. The highest BCUT2D eigenvalue weighted by Gasteiger charge is 2.27. The molecule has 1 aromatic carbocycles. The Hall–Kier alpha value is -3.20. The lowest BCUT2D eigenvalue weighted by Crippen LogP contribution is -2.31. The molecule has 3 rings (SSSR count). The summed E-state index contributed by atoms with van der Waals surface area (Å²) in [6.07, 6.45) is 8.75. The minimum Gasteiger partial charge on any atom is -0.339 e. The van der Waals surface area contributed by atoms with E-state index in [1.807, 2.05) is 22.7 Å². The Balaban J connectivity index is 1.64. The van der Waals surface area contributed by atoms with Gasteiger partial charge in [0.25, 0.3) is 5.91 Å². The molecule has 218 valence electrons. The largest absolute Gasteiger partial charge is 0.339 e. The van der Waals surface area contributed by atoms with Gasteiger partial charge in [0, 0.05) is 32.9 Å². The Labute approximate surface area is 237 Å². The smallest absolute Gasteiger partial charge is 0.257 e. The third-order valence-corrected chi connectivity index (χ3v) is 7.67. The zero-order chi connectivity index (χ0) is 29.4. The lowest BCUT2D eigenvalue weighted by Gasteiger charge is -2.32. The summed E-state index contributed by atoms with van der Waals surface area (Å²) in [6, 6.07) is 4.06. The molecule has 1 aliphatic heterocycles. The molecule has 2 heterocycles. The molecule has 0 saturated carbocycles. The van der Waals surface area contributed by atoms with Crippen molar-refractivity contribution in [2.75, 3.05) is 40.3 Å². The van der Waals surface area contributed by atoms with Gasteiger partial charge in [-0.3, -0.25) is 9.48 Å². The van der Waals surface area contributed by atoms with Crippen LogP contribution in [-0.2, 0) is 0 Å². The molecule has 1 amide bonds. The van der Waals surface area contributed by atoms with Gasteiger partial charge in [0.15, 0.2) is 0 Å². The fraction of sp³-hybridized carbons (Fsp3) is 0.548. The molecule has 0 N–H and O–H groups in total. The van der Waals surface area contributed by atoms with Crippen LogP contribution >= 0.6 is 0 Å². The first-order valence-corrected chi connectivity index (χ1v) is 14.1. The van der Waals surface area contributed by atoms with Crippen molar-refractivity contribution in [3.63, 3.8) is 0 Å². The average molecular weight is 555 g/mol. The second kappa shape index (κ2) is 13.9. The van der Waals surface area contributed by atoms with Gasteiger partial charge in [0.2, 0.25) is 0 Å². The second-order valence-corrected chi connectivity index (χ2v) is 11.7. The SMILES string of the molecule is C=C(/C=C(\N=N/C)c1c(F)cccc1F)[C@H](CCCCN(CC)C(=O)c1cnn(C2CCN(C)C2)c1)C(C)(C)C. The number of rotatable bonds is 12. The molecule has 2 aromatic rings. The summed E-state index contributed by atoms with van der Waals surface area (Å²) in [5.41, 5.74) is 1.14. The molecule has 2 atom stereocenters. The van der Waals surface area contributed by atoms with E-state index in [1.165, 1.54) is 25.2 Å². The number of halogens is 2. The van der Waals surface area contributed by atoms with Gasteiger partial charge in [0.1, 0.15) is 11.6 Å². The molecule has 1 aliphatic rings. The predicted octanol–water partition coefficient (Wildman–Crippen LogP) is 7.01. The van der Waals surface area contributed by atoms with Crippen molar-refractivity contribution in [1.82, 2.24) is 19.6 Å². The molecule has 0 radical (unpaired) electrons. The van der Waals surface area contributed by atoms with E-state index in [0.29, 0.717) is 24.7 Å². The van der Waals surface area contributed by atoms with Gasteiger partial charge in [-0.2, -0.15) is 15.3 Å². The van der Waals surface area contributed by atoms with Crippen molar-refractivity contribution in [2.24, 2.45) is 21.6 Å². The number of azo groups is 1. The maximum absolute atomic E-state index is 14.5. The van der Waals surface area contributed by atoms with Crippen LogP contribution in [-0.4, -0.2) is 65.8 Å². The Morgan fingerprint density at radius 2 is 1.98 bits per heavy atom. The highest BCUT2D eigenvalue weighted by molar-refractivity contribution is 5.93. The van der Waals surface area contributed by atoms with E-state index in [1.54, 1.807) is 12.3 Å². The van der Waals surface area contributed by atoms with Crippen LogP contribution in [0.2, 0.25) is 0 Å². The Bertz CT molecular complexity index is 1210. The lowest BCUT2D eigenvalue weighted by molar-refractivity contribution is 0.0760. The first kappa shape index (κ1) is 31.3. The minimum absolute atomic E-state index is 0.00120. The number of aromatic nitrogens is 2. The summed E-state index contributed by atoms with van der Waals surface area (Å²) in [4.78, 5) is 17.3. The van der Waals surface area contributed by atoms with E-state index in [4.69, 9.17) is 0 Å². The van der Waals surface area contributed by atoms with Crippen molar-refractivity contribution >= 4 is 11.6 Å². The molecule has 0 aliphatic carbocycles. The first-order chi connectivity index (χ1) is 19.0. The standard InChI is InChI=1S/C31H44F2N6O/c1-8-38(30(40)23-19-35-39(20-23)24-15-17-37(7)21-24)16-10-9-12-25(31(3,4)5)22(2)18-28(36-34-6)29-26(32)13-11-14-27(29)33/h11,13-14,18-20,24-25H,2,8-10,12,15-17,21H2,1,3-7H3/b28-18-,36-34-/t24?,25-/m0/s1. The summed E-state index contributed by atoms with van der Waals surface area (Å²) < 4.78 is 30.9. The molecular formula is C31H44F2N6O. The maximum atomic E-state index is 14.5. The predicted molar refractivity (Wildman–Crippen MR) is 156 cm³/mol. The summed E-state index contributed by atoms with van der Waals surface area (Å²) in [5.74, 6) is -1.34. The first-order valence-electron chi connectivity index (χ1n) is 14.1. The highest BCUT2D eigenvalue weighted by Crippen LogP contribution is 2.37. The number of amides is 1. The van der Waals surface area contributed by atoms with Crippen LogP contribution in [0, 0.1) is 23.0 Å². The number of benzene rings is 1. The molecule has 9 heteroatoms. The van der Waals surface area contributed by atoms with Crippen LogP contribution < -0.4 is 0 Å². The van der Waals surface area contributed by atoms with Gasteiger partial charge in [-0.1, -0.05) is 39.8 Å². The number of likely N-dealkylation sites (N-methyl/N-ethyl adjacent to an activating group) is 1. The molecule has 0 bridgehead atoms. The molecule has 7 nitrogen and oxygen atoms in total. The monoisotopic (exact) mass is 554 g/mol. The van der Waals surface area contributed by atoms with E-state index in [2.05, 4.69) is 54.6 Å². The number of carbonyl (C=O) groups is 1. The van der Waals surface area contributed by atoms with Gasteiger partial charge >= 0.3 is 0 Å². The topological polar surface area (TPSA) is 66.1 Å². The van der Waals surface area contributed by atoms with Crippen molar-refractivity contribution in [1.29, 1.82) is 0 Å². The van der Waals surface area contributed by atoms with E-state index >= 15 is 0 Å². The van der Waals surface area contributed by atoms with Crippen molar-refractivity contribution in [2.45, 2.75) is 59.4 Å². The third-order valence-electron chi connectivity index (χ3n) is 7.67. The van der Waals surface area contributed by atoms with Crippen LogP contribution in [0.15, 0.2) is 59.0 Å². The van der Waals surface area contributed by atoms with Gasteiger partial charge in [-0.25, -0.2) is 8.78 Å². The van der Waals surface area contributed by atoms with Crippen LogP contribution in [0.4, 0.5) is 8.78 Å². The molecule has 1 saturated heterocycles. The molecule has 1 aromatic heterocycles. The summed E-state index contributed by atoms with van der Waals surface area (Å²) in [7, 11) is 3.57. The van der Waals surface area contributed by atoms with Crippen molar-refractivity contribution in [3.8, 4) is 0 Å². The lowest BCUT2D eigenvalue weighted by atomic mass is 9.73. The zero-order valence-electron chi connectivity index (χ0n) is 24.8. The number of carbonyl (C=O) groups excluding carboxylic acids is 1. The average Bonchev–Trinajstić information content (AvgIpc) is 3.54. The van der Waals surface area contributed by atoms with Crippen LogP contribution in [0.5, 0.6) is 0 Å². The van der Waals surface area contributed by atoms with Gasteiger partial charge in [-0.05, 0) is 74.9 Å². The number of nitrogens with zero attached hydrogens (tertiary/aromatic N) is 6. The van der Waals surface area contributed by atoms with Crippen LogP contribution in [0.1, 0.15) is 75.3 Å². The maximum Gasteiger partial charge on any atom is 0.257 e. The second-order valence-electron chi connectivity index (χ2n) is 11.7. The van der Waals surface area contributed by atoms with Crippen molar-refractivity contribution in [3.05, 3.63) is 71.6 Å². The van der Waals surface area contributed by atoms with Gasteiger partial charge in [0.05, 0.1) is 29.1 Å². The third kappa shape index (κ3) is 7.93. The van der Waals surface area contributed by atoms with E-state index in [-0.39, 0.29) is 28.5 Å². The molecule has 1 unspecified atom stereocenters. The van der Waals surface area contributed by atoms with E-state index < -0.39 is 11.6 Å². The Kier molecular flexibility index (Phi) is 10.9. The fourth-order valence-corrected chi connectivity index (χ4v) is 5.46. The zero-order valence-corrected chi connectivity index (χ0v) is 24.8. The number of hydrogen-bond donors (Lipinski definition) is 0. The summed E-state index contributed by atoms with van der Waals surface area (Å²) in [5, 5.41) is 12.3. The van der Waals surface area contributed by atoms with E-state index in [0.717, 1.165) is 44.3 Å². The van der Waals surface area contributed by atoms with Crippen LogP contribution in [0.3, 0.4) is 0 Å². The minimum atomic E-state index is -0.691. The number of unbranched alkanes of at least 4 members (excludes halogenated alkanes) is 1. The molecule has 1 fully saturated rings. The fourth-order valence-electron chi connectivity index (χ4n) is 5.46. The van der Waals surface area contributed by atoms with Crippen molar-refractivity contribution < 1.29 is 13.6 Å². The normalized spacial score (nSPS) is 17.5. The molecular weight excluding hydrogens is 510 g/mol. The van der Waals surface area contributed by atoms with Gasteiger partial charge < -0.3 is 9.80 Å². The molecule has 0 spiro atoms. The Morgan fingerprint density at radius 1 is 1.27 bits per heavy atom. The quantitative estimate of drug-likeness (QED) is 0.161. The highest BCUT2D eigenvalue weighted by atomic mass is 19.1. The number of likely N-dealkylation sites (tertiary alicyclic amines) is 1. The Morgan fingerprint density at radius 3 is 2.55 bits per heavy atom. The van der Waals surface area contributed by atoms with Crippen LogP contribution in [0.25, 0.3) is 5.70 Å². The number of allylic oxidation sites excluding steroid dienone is 2.